The Morgan fingerprint density at radius 2 is 0.941 bits per heavy atom. The normalized spacial score (nSPS) is 10.6. The molecule has 0 spiro atoms. The molecule has 6 nitrogen and oxygen atoms in total. The van der Waals surface area contributed by atoms with Crippen LogP contribution in [0.5, 0.6) is 11.5 Å². The molecule has 0 heterocycles. The molecular weight excluding hydrogens is 432 g/mol. The lowest BCUT2D eigenvalue weighted by Gasteiger charge is -2.14. The summed E-state index contributed by atoms with van der Waals surface area (Å²) in [4.78, 5) is 0. The maximum atomic E-state index is 8.36. The molecule has 2 rings (SSSR count). The lowest BCUT2D eigenvalue weighted by atomic mass is 10.1. The Bertz CT molecular complexity index is 662. The van der Waals surface area contributed by atoms with Gasteiger partial charge >= 0.3 is 0 Å². The lowest BCUT2D eigenvalue weighted by Crippen LogP contribution is -2.11. The molecule has 6 heteroatoms. The van der Waals surface area contributed by atoms with Gasteiger partial charge in [-0.3, -0.25) is 0 Å². The molecule has 2 aromatic rings. The number of para-hydroxylation sites is 2. The second-order valence-corrected chi connectivity index (χ2v) is 7.81. The van der Waals surface area contributed by atoms with Gasteiger partial charge < -0.3 is 29.2 Å². The van der Waals surface area contributed by atoms with Gasteiger partial charge in [0.05, 0.1) is 52.9 Å². The molecule has 2 aromatic carbocycles. The molecular formula is C28H44O6. The molecule has 34 heavy (non-hydrogen) atoms. The first kappa shape index (κ1) is 30.1. The Balaban J connectivity index is 0.000000385. The van der Waals surface area contributed by atoms with Crippen LogP contribution >= 0.6 is 0 Å². The van der Waals surface area contributed by atoms with Crippen molar-refractivity contribution in [1.29, 1.82) is 0 Å². The molecule has 192 valence electrons. The van der Waals surface area contributed by atoms with Gasteiger partial charge in [0.15, 0.2) is 0 Å². The fourth-order valence-corrected chi connectivity index (χ4v) is 3.14. The maximum absolute atomic E-state index is 8.36. The van der Waals surface area contributed by atoms with Crippen LogP contribution in [0.15, 0.2) is 48.5 Å². The van der Waals surface area contributed by atoms with Crippen molar-refractivity contribution in [1.82, 2.24) is 0 Å². The van der Waals surface area contributed by atoms with E-state index in [1.54, 1.807) is 0 Å². The molecule has 0 aromatic heterocycles. The number of rotatable bonds is 18. The Morgan fingerprint density at radius 3 is 1.32 bits per heavy atom. The molecule has 0 radical (unpaired) electrons. The SMILES string of the molecule is CCCCc1ccccc1Oc1ccccc1CCCC.OCCOCCOCCOCCO. The molecule has 0 saturated carbocycles. The Kier molecular flexibility index (Phi) is 19.1. The predicted molar refractivity (Wildman–Crippen MR) is 137 cm³/mol. The highest BCUT2D eigenvalue weighted by Gasteiger charge is 2.07. The molecule has 0 aliphatic heterocycles. The van der Waals surface area contributed by atoms with Crippen LogP contribution in [0.25, 0.3) is 0 Å². The quantitative estimate of drug-likeness (QED) is 0.289. The van der Waals surface area contributed by atoms with E-state index in [0.29, 0.717) is 39.6 Å². The smallest absolute Gasteiger partial charge is 0.130 e. The second kappa shape index (κ2) is 21.6. The van der Waals surface area contributed by atoms with Gasteiger partial charge in [0.1, 0.15) is 11.5 Å². The highest BCUT2D eigenvalue weighted by Crippen LogP contribution is 2.29. The van der Waals surface area contributed by atoms with Gasteiger partial charge in [-0.25, -0.2) is 0 Å². The van der Waals surface area contributed by atoms with Crippen LogP contribution in [0.2, 0.25) is 0 Å². The summed E-state index contributed by atoms with van der Waals surface area (Å²) in [5.41, 5.74) is 2.62. The van der Waals surface area contributed by atoms with Crippen LogP contribution in [-0.4, -0.2) is 63.1 Å². The fourth-order valence-electron chi connectivity index (χ4n) is 3.14. The average molecular weight is 477 g/mol. The molecule has 2 N–H and O–H groups in total. The number of unbranched alkanes of at least 4 members (excludes halogenated alkanes) is 2. The first-order valence-electron chi connectivity index (χ1n) is 12.5. The fraction of sp³-hybridized carbons (Fsp3) is 0.571. The molecule has 0 atom stereocenters. The maximum Gasteiger partial charge on any atom is 0.130 e. The highest BCUT2D eigenvalue weighted by molar-refractivity contribution is 5.41. The topological polar surface area (TPSA) is 77.4 Å². The number of hydrogen-bond donors (Lipinski definition) is 2. The number of hydrogen-bond acceptors (Lipinski definition) is 6. The minimum Gasteiger partial charge on any atom is -0.457 e. The van der Waals surface area contributed by atoms with Crippen molar-refractivity contribution in [2.75, 3.05) is 52.9 Å². The third kappa shape index (κ3) is 14.3. The number of aryl methyl sites for hydroxylation is 2. The van der Waals surface area contributed by atoms with E-state index in [4.69, 9.17) is 29.2 Å². The summed E-state index contributed by atoms with van der Waals surface area (Å²) >= 11 is 0. The van der Waals surface area contributed by atoms with Gasteiger partial charge in [-0.15, -0.1) is 0 Å². The van der Waals surface area contributed by atoms with Crippen molar-refractivity contribution in [2.24, 2.45) is 0 Å². The van der Waals surface area contributed by atoms with Gasteiger partial charge in [0.25, 0.3) is 0 Å². The van der Waals surface area contributed by atoms with Crippen LogP contribution in [0, 0.1) is 0 Å². The van der Waals surface area contributed by atoms with Crippen molar-refractivity contribution in [3.63, 3.8) is 0 Å². The van der Waals surface area contributed by atoms with Crippen molar-refractivity contribution in [3.05, 3.63) is 59.7 Å². The molecule has 0 bridgehead atoms. The van der Waals surface area contributed by atoms with E-state index in [1.165, 1.54) is 36.8 Å². The minimum atomic E-state index is 0.0413. The van der Waals surface area contributed by atoms with Crippen molar-refractivity contribution in [3.8, 4) is 11.5 Å². The van der Waals surface area contributed by atoms with E-state index in [-0.39, 0.29) is 13.2 Å². The van der Waals surface area contributed by atoms with Gasteiger partial charge in [-0.1, -0.05) is 63.1 Å². The number of ether oxygens (including phenoxy) is 4. The summed E-state index contributed by atoms with van der Waals surface area (Å²) in [6.07, 6.45) is 7.01. The van der Waals surface area contributed by atoms with E-state index in [9.17, 15) is 0 Å². The molecule has 0 aliphatic rings. The first-order valence-corrected chi connectivity index (χ1v) is 12.5. The van der Waals surface area contributed by atoms with E-state index in [2.05, 4.69) is 62.4 Å². The average Bonchev–Trinajstić information content (AvgIpc) is 2.87. The summed E-state index contributed by atoms with van der Waals surface area (Å²) in [5.74, 6) is 2.02. The number of aliphatic hydroxyl groups excluding tert-OH is 2. The summed E-state index contributed by atoms with van der Waals surface area (Å²) < 4.78 is 21.3. The van der Waals surface area contributed by atoms with Gasteiger partial charge in [0, 0.05) is 0 Å². The van der Waals surface area contributed by atoms with E-state index >= 15 is 0 Å². The number of benzene rings is 2. The van der Waals surface area contributed by atoms with Crippen molar-refractivity contribution >= 4 is 0 Å². The summed E-state index contributed by atoms with van der Waals surface area (Å²) in [6.45, 7) is 7.22. The van der Waals surface area contributed by atoms with Crippen LogP contribution in [0.3, 0.4) is 0 Å². The van der Waals surface area contributed by atoms with Crippen molar-refractivity contribution in [2.45, 2.75) is 52.4 Å². The lowest BCUT2D eigenvalue weighted by molar-refractivity contribution is 0.00230. The van der Waals surface area contributed by atoms with Gasteiger partial charge in [-0.05, 0) is 48.9 Å². The molecule has 0 unspecified atom stereocenters. The Hall–Kier alpha value is -1.96. The zero-order valence-corrected chi connectivity index (χ0v) is 21.0. The standard InChI is InChI=1S/C20H26O.C8H18O5/c1-3-5-11-17-13-7-9-15-19(17)21-20-16-10-8-14-18(20)12-6-4-2;9-1-3-11-5-7-13-8-6-12-4-2-10/h7-10,13-16H,3-6,11-12H2,1-2H3;9-10H,1-8H2. The van der Waals surface area contributed by atoms with Crippen LogP contribution < -0.4 is 4.74 Å². The zero-order valence-electron chi connectivity index (χ0n) is 21.0. The monoisotopic (exact) mass is 476 g/mol. The molecule has 0 aliphatic carbocycles. The van der Waals surface area contributed by atoms with Crippen LogP contribution in [-0.2, 0) is 27.1 Å². The van der Waals surface area contributed by atoms with Gasteiger partial charge in [-0.2, -0.15) is 0 Å². The van der Waals surface area contributed by atoms with E-state index in [0.717, 1.165) is 24.3 Å². The second-order valence-electron chi connectivity index (χ2n) is 7.81. The van der Waals surface area contributed by atoms with Crippen molar-refractivity contribution < 1.29 is 29.2 Å². The molecule has 0 fully saturated rings. The number of aliphatic hydroxyl groups is 2. The molecule has 0 amide bonds. The third-order valence-electron chi connectivity index (χ3n) is 4.98. The van der Waals surface area contributed by atoms with Crippen LogP contribution in [0.4, 0.5) is 0 Å². The Labute approximate surface area is 205 Å². The summed E-state index contributed by atoms with van der Waals surface area (Å²) in [7, 11) is 0. The first-order chi connectivity index (χ1) is 16.8. The predicted octanol–water partition coefficient (Wildman–Crippen LogP) is 5.18. The highest BCUT2D eigenvalue weighted by atomic mass is 16.5. The third-order valence-corrected chi connectivity index (χ3v) is 4.98. The van der Waals surface area contributed by atoms with Gasteiger partial charge in [0.2, 0.25) is 0 Å². The van der Waals surface area contributed by atoms with E-state index < -0.39 is 0 Å². The minimum absolute atomic E-state index is 0.0413. The summed E-state index contributed by atoms with van der Waals surface area (Å²) in [6, 6.07) is 16.8. The largest absolute Gasteiger partial charge is 0.457 e. The van der Waals surface area contributed by atoms with E-state index in [1.807, 2.05) is 0 Å². The zero-order chi connectivity index (χ0) is 24.7. The summed E-state index contributed by atoms with van der Waals surface area (Å²) in [5, 5.41) is 16.7. The van der Waals surface area contributed by atoms with Crippen LogP contribution in [0.1, 0.15) is 50.7 Å². The molecule has 0 saturated heterocycles. The Morgan fingerprint density at radius 1 is 0.559 bits per heavy atom.